The fraction of sp³-hybridized carbons (Fsp3) is 0.619. The van der Waals surface area contributed by atoms with Crippen molar-refractivity contribution in [2.24, 2.45) is 0 Å². The number of benzene rings is 1. The molecule has 0 aliphatic carbocycles. The number of halogens is 3. The molecule has 0 atom stereocenters. The van der Waals surface area contributed by atoms with Crippen molar-refractivity contribution in [3.63, 3.8) is 0 Å². The van der Waals surface area contributed by atoms with Gasteiger partial charge in [-0.25, -0.2) is 17.5 Å². The smallest absolute Gasteiger partial charge is 0.416 e. The van der Waals surface area contributed by atoms with Gasteiger partial charge in [-0.1, -0.05) is 0 Å². The molecule has 2 heterocycles. The van der Waals surface area contributed by atoms with Crippen molar-refractivity contribution < 1.29 is 45.8 Å². The van der Waals surface area contributed by atoms with Crippen LogP contribution in [-0.2, 0) is 25.7 Å². The molecule has 0 bridgehead atoms. The first-order valence-electron chi connectivity index (χ1n) is 10.8. The van der Waals surface area contributed by atoms with Crippen LogP contribution < -0.4 is 4.74 Å². The maximum Gasteiger partial charge on any atom is 0.416 e. The van der Waals surface area contributed by atoms with Crippen LogP contribution in [-0.4, -0.2) is 85.4 Å². The molecular weight excluding hydrogens is 481 g/mol. The van der Waals surface area contributed by atoms with E-state index >= 15 is 0 Å². The lowest BCUT2D eigenvalue weighted by molar-refractivity contribution is -0.137. The molecule has 2 fully saturated rings. The number of carbonyl (C=O) groups is 2. The van der Waals surface area contributed by atoms with Crippen LogP contribution in [0.15, 0.2) is 24.3 Å². The molecule has 1 aromatic carbocycles. The van der Waals surface area contributed by atoms with Crippen molar-refractivity contribution in [3.8, 4) is 5.75 Å². The molecule has 2 aliphatic rings. The number of alkyl halides is 3. The van der Waals surface area contributed by atoms with Gasteiger partial charge in [0.15, 0.2) is 10.5 Å². The first-order chi connectivity index (χ1) is 15.9. The van der Waals surface area contributed by atoms with Crippen molar-refractivity contribution in [3.05, 3.63) is 29.8 Å². The third-order valence-corrected chi connectivity index (χ3v) is 9.04. The van der Waals surface area contributed by atoms with Crippen LogP contribution in [0.2, 0.25) is 0 Å². The minimum Gasteiger partial charge on any atom is -0.490 e. The highest BCUT2D eigenvalue weighted by Gasteiger charge is 2.54. The quantitative estimate of drug-likeness (QED) is 0.626. The van der Waals surface area contributed by atoms with Gasteiger partial charge in [-0.15, -0.1) is 0 Å². The van der Waals surface area contributed by atoms with Gasteiger partial charge in [0.2, 0.25) is 10.0 Å². The molecule has 2 aliphatic heterocycles. The van der Waals surface area contributed by atoms with E-state index in [4.69, 9.17) is 4.74 Å². The summed E-state index contributed by atoms with van der Waals surface area (Å²) in [5, 5.41) is 9.48. The lowest BCUT2D eigenvalue weighted by atomic mass is 9.91. The Bertz CT molecular complexity index is 983. The highest BCUT2D eigenvalue weighted by atomic mass is 32.2. The Hall–Kier alpha value is -2.38. The summed E-state index contributed by atoms with van der Waals surface area (Å²) in [6.07, 6.45) is -5.25. The molecule has 3 rings (SSSR count). The summed E-state index contributed by atoms with van der Waals surface area (Å²) in [5.41, 5.74) is -0.794. The number of likely N-dealkylation sites (tertiary alicyclic amines) is 1. The molecule has 1 amide bonds. The monoisotopic (exact) mass is 508 g/mol. The van der Waals surface area contributed by atoms with Crippen molar-refractivity contribution in [1.29, 1.82) is 0 Å². The Labute approximate surface area is 195 Å². The summed E-state index contributed by atoms with van der Waals surface area (Å²) in [4.78, 5) is 25.7. The molecule has 13 heteroatoms. The van der Waals surface area contributed by atoms with Gasteiger partial charge in [0.25, 0.3) is 0 Å². The molecular formula is C21H27F3N2O7S. The predicted octanol–water partition coefficient (Wildman–Crippen LogP) is 2.04. The number of aliphatic hydroxyl groups excluding tert-OH is 1. The normalized spacial score (nSPS) is 20.1. The first kappa shape index (κ1) is 26.2. The van der Waals surface area contributed by atoms with E-state index in [-0.39, 0.29) is 57.6 Å². The van der Waals surface area contributed by atoms with Gasteiger partial charge < -0.3 is 19.5 Å². The van der Waals surface area contributed by atoms with E-state index in [0.717, 1.165) is 12.1 Å². The Kier molecular flexibility index (Phi) is 7.78. The second kappa shape index (κ2) is 10.1. The molecule has 0 spiro atoms. The number of ketones is 1. The van der Waals surface area contributed by atoms with Gasteiger partial charge in [0, 0.05) is 26.2 Å². The molecule has 2 saturated heterocycles. The van der Waals surface area contributed by atoms with Gasteiger partial charge in [0.1, 0.15) is 18.5 Å². The zero-order valence-corrected chi connectivity index (χ0v) is 19.4. The van der Waals surface area contributed by atoms with Crippen molar-refractivity contribution in [2.75, 3.05) is 39.9 Å². The molecule has 9 nitrogen and oxygen atoms in total. The number of hydrogen-bond acceptors (Lipinski definition) is 7. The number of Topliss-reactive ketones (excluding diaryl/α,β-unsaturated/α-hetero) is 1. The molecule has 1 aromatic rings. The van der Waals surface area contributed by atoms with Gasteiger partial charge in [0.05, 0.1) is 12.7 Å². The van der Waals surface area contributed by atoms with Crippen LogP contribution in [0.3, 0.4) is 0 Å². The summed E-state index contributed by atoms with van der Waals surface area (Å²) < 4.78 is 74.9. The van der Waals surface area contributed by atoms with Crippen molar-refractivity contribution in [1.82, 2.24) is 9.21 Å². The largest absolute Gasteiger partial charge is 0.490 e. The predicted molar refractivity (Wildman–Crippen MR) is 114 cm³/mol. The van der Waals surface area contributed by atoms with Crippen LogP contribution in [0, 0.1) is 0 Å². The number of methoxy groups -OCH3 is 1. The van der Waals surface area contributed by atoms with Gasteiger partial charge in [-0.2, -0.15) is 13.2 Å². The van der Waals surface area contributed by atoms with E-state index < -0.39 is 51.1 Å². The SMILES string of the molecule is COC(=O)N1CCC(C(=O)CO)(S(=O)(=O)N2CCC(Oc3ccc(C(F)(F)F)cc3)CC2)CC1. The summed E-state index contributed by atoms with van der Waals surface area (Å²) in [6, 6.07) is 4.27. The third-order valence-electron chi connectivity index (χ3n) is 6.37. The van der Waals surface area contributed by atoms with Gasteiger partial charge in [-0.3, -0.25) is 4.79 Å². The Morgan fingerprint density at radius 2 is 1.65 bits per heavy atom. The summed E-state index contributed by atoms with van der Waals surface area (Å²) in [5.74, 6) is -0.573. The number of nitrogens with zero attached hydrogens (tertiary/aromatic N) is 2. The second-order valence-electron chi connectivity index (χ2n) is 8.28. The number of aliphatic hydroxyl groups is 1. The number of piperidine rings is 2. The maximum atomic E-state index is 13.5. The Morgan fingerprint density at radius 1 is 1.09 bits per heavy atom. The molecule has 0 aromatic heterocycles. The van der Waals surface area contributed by atoms with Crippen molar-refractivity contribution >= 4 is 21.9 Å². The average molecular weight is 509 g/mol. The fourth-order valence-electron chi connectivity index (χ4n) is 4.36. The molecule has 1 N–H and O–H groups in total. The minimum atomic E-state index is -4.45. The standard InChI is InChI=1S/C21H27F3N2O7S/c1-32-19(29)25-12-8-20(9-13-25,18(28)14-27)34(30,31)26-10-6-17(7-11-26)33-16-4-2-15(3-5-16)21(22,23)24/h2-5,17,27H,6-14H2,1H3. The third kappa shape index (κ3) is 5.15. The number of carbonyl (C=O) groups excluding carboxylic acids is 2. The number of hydrogen-bond donors (Lipinski definition) is 1. The van der Waals surface area contributed by atoms with Crippen LogP contribution >= 0.6 is 0 Å². The molecule has 0 unspecified atom stereocenters. The topological polar surface area (TPSA) is 113 Å². The first-order valence-corrected chi connectivity index (χ1v) is 12.2. The highest BCUT2D eigenvalue weighted by molar-refractivity contribution is 7.91. The van der Waals surface area contributed by atoms with Crippen molar-refractivity contribution in [2.45, 2.75) is 42.7 Å². The number of sulfonamides is 1. The lowest BCUT2D eigenvalue weighted by Crippen LogP contribution is -2.61. The van der Waals surface area contributed by atoms with E-state index in [1.165, 1.54) is 28.4 Å². The van der Waals surface area contributed by atoms with Gasteiger partial charge in [-0.05, 0) is 49.9 Å². The zero-order valence-electron chi connectivity index (χ0n) is 18.6. The number of ether oxygens (including phenoxy) is 2. The van der Waals surface area contributed by atoms with Gasteiger partial charge >= 0.3 is 12.3 Å². The van der Waals surface area contributed by atoms with Crippen LogP contribution in [0.4, 0.5) is 18.0 Å². The second-order valence-corrected chi connectivity index (χ2v) is 10.5. The molecule has 0 radical (unpaired) electrons. The molecule has 0 saturated carbocycles. The Morgan fingerprint density at radius 3 is 2.12 bits per heavy atom. The fourth-order valence-corrected chi connectivity index (χ4v) is 6.59. The number of amides is 1. The lowest BCUT2D eigenvalue weighted by Gasteiger charge is -2.43. The summed E-state index contributed by atoms with van der Waals surface area (Å²) >= 11 is 0. The molecule has 190 valence electrons. The van der Waals surface area contributed by atoms with E-state index in [1.54, 1.807) is 0 Å². The van der Waals surface area contributed by atoms with Crippen LogP contribution in [0.5, 0.6) is 5.75 Å². The summed E-state index contributed by atoms with van der Waals surface area (Å²) in [7, 11) is -2.96. The molecule has 34 heavy (non-hydrogen) atoms. The van der Waals surface area contributed by atoms with E-state index in [9.17, 15) is 36.3 Å². The maximum absolute atomic E-state index is 13.5. The average Bonchev–Trinajstić information content (AvgIpc) is 2.83. The van der Waals surface area contributed by atoms with E-state index in [1.807, 2.05) is 0 Å². The van der Waals surface area contributed by atoms with E-state index in [0.29, 0.717) is 0 Å². The minimum absolute atomic E-state index is 0.00879. The zero-order chi connectivity index (χ0) is 25.1. The Balaban J connectivity index is 1.66. The van der Waals surface area contributed by atoms with E-state index in [2.05, 4.69) is 4.74 Å². The van der Waals surface area contributed by atoms with Crippen LogP contribution in [0.25, 0.3) is 0 Å². The van der Waals surface area contributed by atoms with Crippen LogP contribution in [0.1, 0.15) is 31.2 Å². The highest BCUT2D eigenvalue weighted by Crippen LogP contribution is 2.36. The summed E-state index contributed by atoms with van der Waals surface area (Å²) in [6.45, 7) is -0.856. The number of rotatable bonds is 6.